The number of benzene rings is 1. The molecule has 0 aliphatic carbocycles. The van der Waals surface area contributed by atoms with Gasteiger partial charge in [-0.2, -0.15) is 0 Å². The van der Waals surface area contributed by atoms with Crippen molar-refractivity contribution in [3.8, 4) is 11.5 Å². The molecule has 0 spiro atoms. The lowest BCUT2D eigenvalue weighted by Gasteiger charge is -2.36. The van der Waals surface area contributed by atoms with Crippen LogP contribution < -0.4 is 15.8 Å². The number of phenolic OH excluding ortho intramolecular Hbond substituents is 1. The first-order valence-corrected chi connectivity index (χ1v) is 11.7. The molecule has 31 heavy (non-hydrogen) atoms. The highest BCUT2D eigenvalue weighted by molar-refractivity contribution is 5.81. The topological polar surface area (TPSA) is 83.1 Å². The standard InChI is InChI=1S/C24H39N3O4/c1-4-6-7-8-9-10-11-12-21(5-2)31-26-25-24(29)19(3)27-18-17-23(27)30-22-15-13-20(28)14-16-22/h13-17,19,21,26,28H,4-12,18H2,1-3H3,(H,25,29). The predicted octanol–water partition coefficient (Wildman–Crippen LogP) is 4.79. The molecule has 0 fully saturated rings. The van der Waals surface area contributed by atoms with Crippen LogP contribution in [0.25, 0.3) is 0 Å². The van der Waals surface area contributed by atoms with Gasteiger partial charge in [0.05, 0.1) is 6.10 Å². The first-order chi connectivity index (χ1) is 15.0. The number of hydrogen-bond acceptors (Lipinski definition) is 6. The summed E-state index contributed by atoms with van der Waals surface area (Å²) in [4.78, 5) is 20.0. The van der Waals surface area contributed by atoms with Gasteiger partial charge in [-0.3, -0.25) is 15.1 Å². The highest BCUT2D eigenvalue weighted by atomic mass is 16.7. The molecule has 7 heteroatoms. The molecule has 2 rings (SSSR count). The van der Waals surface area contributed by atoms with E-state index < -0.39 is 6.04 Å². The molecule has 2 atom stereocenters. The molecule has 0 radical (unpaired) electrons. The van der Waals surface area contributed by atoms with Gasteiger partial charge >= 0.3 is 0 Å². The van der Waals surface area contributed by atoms with Gasteiger partial charge in [0.2, 0.25) is 0 Å². The van der Waals surface area contributed by atoms with Crippen LogP contribution >= 0.6 is 0 Å². The maximum atomic E-state index is 12.5. The Morgan fingerprint density at radius 2 is 1.77 bits per heavy atom. The fourth-order valence-electron chi connectivity index (χ4n) is 3.44. The van der Waals surface area contributed by atoms with Crippen molar-refractivity contribution in [3.05, 3.63) is 36.2 Å². The van der Waals surface area contributed by atoms with Gasteiger partial charge in [0.15, 0.2) is 5.88 Å². The first kappa shape index (κ1) is 25.0. The number of rotatable bonds is 16. The predicted molar refractivity (Wildman–Crippen MR) is 122 cm³/mol. The molecule has 3 N–H and O–H groups in total. The SMILES string of the molecule is CCCCCCCCCC(CC)ONNC(=O)C(C)N1CC=C1Oc1ccc(O)cc1. The van der Waals surface area contributed by atoms with Crippen LogP contribution in [0.3, 0.4) is 0 Å². The Balaban J connectivity index is 1.62. The third-order valence-electron chi connectivity index (χ3n) is 5.64. The molecular formula is C24H39N3O4. The molecule has 1 aliphatic heterocycles. The van der Waals surface area contributed by atoms with E-state index >= 15 is 0 Å². The Kier molecular flexibility index (Phi) is 11.2. The zero-order valence-electron chi connectivity index (χ0n) is 19.2. The highest BCUT2D eigenvalue weighted by Crippen LogP contribution is 2.24. The van der Waals surface area contributed by atoms with E-state index in [1.165, 1.54) is 38.5 Å². The van der Waals surface area contributed by atoms with E-state index in [1.807, 2.05) is 17.9 Å². The molecule has 0 aromatic heterocycles. The number of nitrogens with zero attached hydrogens (tertiary/aromatic N) is 1. The number of carbonyl (C=O) groups excluding carboxylic acids is 1. The van der Waals surface area contributed by atoms with Crippen molar-refractivity contribution in [1.82, 2.24) is 15.9 Å². The number of unbranched alkanes of at least 4 members (excludes halogenated alkanes) is 6. The van der Waals surface area contributed by atoms with E-state index in [4.69, 9.17) is 9.57 Å². The number of amides is 1. The van der Waals surface area contributed by atoms with Crippen LogP contribution in [0.15, 0.2) is 36.2 Å². The molecule has 1 amide bonds. The van der Waals surface area contributed by atoms with Gasteiger partial charge in [-0.1, -0.05) is 58.8 Å². The molecular weight excluding hydrogens is 394 g/mol. The number of nitrogens with one attached hydrogen (secondary N) is 2. The Hall–Kier alpha value is -2.25. The zero-order chi connectivity index (χ0) is 22.5. The number of hydrazine groups is 1. The summed E-state index contributed by atoms with van der Waals surface area (Å²) < 4.78 is 5.78. The van der Waals surface area contributed by atoms with Gasteiger partial charge in [-0.25, -0.2) is 0 Å². The lowest BCUT2D eigenvalue weighted by molar-refractivity contribution is -0.135. The molecule has 0 saturated heterocycles. The highest BCUT2D eigenvalue weighted by Gasteiger charge is 2.29. The van der Waals surface area contributed by atoms with Crippen molar-refractivity contribution < 1.29 is 19.5 Å². The van der Waals surface area contributed by atoms with Crippen molar-refractivity contribution in [2.24, 2.45) is 0 Å². The summed E-state index contributed by atoms with van der Waals surface area (Å²) in [7, 11) is 0. The van der Waals surface area contributed by atoms with E-state index in [1.54, 1.807) is 24.3 Å². The van der Waals surface area contributed by atoms with Gasteiger partial charge in [0.1, 0.15) is 17.5 Å². The Bertz CT molecular complexity index is 678. The van der Waals surface area contributed by atoms with Crippen molar-refractivity contribution in [2.45, 2.75) is 90.7 Å². The molecule has 1 aromatic rings. The first-order valence-electron chi connectivity index (χ1n) is 11.7. The van der Waals surface area contributed by atoms with Crippen LogP contribution in [0.5, 0.6) is 11.5 Å². The minimum atomic E-state index is -0.406. The molecule has 1 heterocycles. The number of carbonyl (C=O) groups is 1. The quantitative estimate of drug-likeness (QED) is 0.257. The van der Waals surface area contributed by atoms with Crippen LogP contribution in [0.4, 0.5) is 0 Å². The number of aromatic hydroxyl groups is 1. The van der Waals surface area contributed by atoms with Gasteiger partial charge in [0, 0.05) is 6.54 Å². The van der Waals surface area contributed by atoms with Crippen LogP contribution in [0, 0.1) is 0 Å². The summed E-state index contributed by atoms with van der Waals surface area (Å²) in [6.07, 6.45) is 12.8. The minimum absolute atomic E-state index is 0.0866. The third kappa shape index (κ3) is 8.79. The monoisotopic (exact) mass is 433 g/mol. The van der Waals surface area contributed by atoms with E-state index in [0.717, 1.165) is 19.3 Å². The van der Waals surface area contributed by atoms with Crippen molar-refractivity contribution in [2.75, 3.05) is 6.54 Å². The second-order valence-corrected chi connectivity index (χ2v) is 8.12. The third-order valence-corrected chi connectivity index (χ3v) is 5.64. The van der Waals surface area contributed by atoms with Gasteiger partial charge in [0.25, 0.3) is 5.91 Å². The van der Waals surface area contributed by atoms with E-state index in [-0.39, 0.29) is 17.8 Å². The maximum absolute atomic E-state index is 12.5. The smallest absolute Gasteiger partial charge is 0.258 e. The molecule has 1 aliphatic rings. The largest absolute Gasteiger partial charge is 0.508 e. The van der Waals surface area contributed by atoms with E-state index in [2.05, 4.69) is 24.9 Å². The van der Waals surface area contributed by atoms with Gasteiger partial charge < -0.3 is 14.7 Å². The summed E-state index contributed by atoms with van der Waals surface area (Å²) >= 11 is 0. The summed E-state index contributed by atoms with van der Waals surface area (Å²) in [5.41, 5.74) is 5.29. The molecule has 174 valence electrons. The van der Waals surface area contributed by atoms with Crippen LogP contribution in [0.2, 0.25) is 0 Å². The lowest BCUT2D eigenvalue weighted by Crippen LogP contribution is -2.52. The van der Waals surface area contributed by atoms with Gasteiger partial charge in [-0.05, 0) is 50.1 Å². The lowest BCUT2D eigenvalue weighted by atomic mass is 10.1. The van der Waals surface area contributed by atoms with Crippen LogP contribution in [-0.4, -0.2) is 34.6 Å². The zero-order valence-corrected chi connectivity index (χ0v) is 19.2. The summed E-state index contributed by atoms with van der Waals surface area (Å²) in [5, 5.41) is 9.36. The van der Waals surface area contributed by atoms with E-state index in [0.29, 0.717) is 18.2 Å². The Morgan fingerprint density at radius 3 is 2.39 bits per heavy atom. The Labute approximate surface area is 186 Å². The Morgan fingerprint density at radius 1 is 1.10 bits per heavy atom. The van der Waals surface area contributed by atoms with Crippen molar-refractivity contribution in [1.29, 1.82) is 0 Å². The molecule has 2 unspecified atom stereocenters. The minimum Gasteiger partial charge on any atom is -0.508 e. The second kappa shape index (κ2) is 13.9. The van der Waals surface area contributed by atoms with Crippen LogP contribution in [0.1, 0.15) is 78.6 Å². The molecule has 1 aromatic carbocycles. The molecule has 0 bridgehead atoms. The van der Waals surface area contributed by atoms with Crippen molar-refractivity contribution in [3.63, 3.8) is 0 Å². The second-order valence-electron chi connectivity index (χ2n) is 8.12. The summed E-state index contributed by atoms with van der Waals surface area (Å²) in [6, 6.07) is 6.09. The van der Waals surface area contributed by atoms with E-state index in [9.17, 15) is 9.90 Å². The average molecular weight is 434 g/mol. The number of phenols is 1. The fourth-order valence-corrected chi connectivity index (χ4v) is 3.44. The number of ether oxygens (including phenoxy) is 1. The van der Waals surface area contributed by atoms with Crippen molar-refractivity contribution >= 4 is 5.91 Å². The normalized spacial score (nSPS) is 15.1. The molecule has 7 nitrogen and oxygen atoms in total. The number of hydrogen-bond donors (Lipinski definition) is 3. The fraction of sp³-hybridized carbons (Fsp3) is 0.625. The molecule has 0 saturated carbocycles. The summed E-state index contributed by atoms with van der Waals surface area (Å²) in [6.45, 7) is 6.79. The van der Waals surface area contributed by atoms with Crippen LogP contribution in [-0.2, 0) is 9.63 Å². The maximum Gasteiger partial charge on any atom is 0.258 e. The van der Waals surface area contributed by atoms with Gasteiger partial charge in [-0.15, -0.1) is 5.59 Å². The summed E-state index contributed by atoms with van der Waals surface area (Å²) in [5.74, 6) is 1.23. The average Bonchev–Trinajstić information content (AvgIpc) is 2.75.